The molecule has 16 amide bonds. The van der Waals surface area contributed by atoms with E-state index in [0.29, 0.717) is 50.8 Å². The summed E-state index contributed by atoms with van der Waals surface area (Å²) < 4.78 is 16.0. The number of aromatic amines is 2. The Kier molecular flexibility index (Phi) is 37.5. The monoisotopic (exact) mass is 1930 g/mol. The molecule has 2 fully saturated rings. The molecule has 2 saturated heterocycles. The average Bonchev–Trinajstić information content (AvgIpc) is 1.65. The van der Waals surface area contributed by atoms with Gasteiger partial charge in [-0.05, 0) is 60.1 Å². The highest BCUT2D eigenvalue weighted by Crippen LogP contribution is 2.38. The molecule has 10 rings (SSSR count). The fourth-order valence-corrected chi connectivity index (χ4v) is 18.7. The number of hydrogen-bond acceptors (Lipinski definition) is 31. The van der Waals surface area contributed by atoms with Crippen LogP contribution in [0.2, 0.25) is 0 Å². The molecule has 10 unspecified atom stereocenters. The van der Waals surface area contributed by atoms with E-state index in [4.69, 9.17) is 25.7 Å². The Morgan fingerprint density at radius 1 is 0.489 bits per heavy atom. The van der Waals surface area contributed by atoms with Crippen molar-refractivity contribution in [3.8, 4) is 11.5 Å². The van der Waals surface area contributed by atoms with E-state index in [2.05, 4.69) is 73.8 Å². The zero-order valence-corrected chi connectivity index (χ0v) is 77.2. The lowest BCUT2D eigenvalue weighted by Crippen LogP contribution is -2.60. The predicted molar refractivity (Wildman–Crippen MR) is 475 cm³/mol. The molecule has 4 bridgehead atoms. The first-order valence-corrected chi connectivity index (χ1v) is 45.8. The predicted octanol–water partition coefficient (Wildman–Crippen LogP) is -6.33. The number of hydrogen-bond donors (Lipinski definition) is 21. The number of phenolic OH excluding ortho intramolecular Hbond substituents is 1. The van der Waals surface area contributed by atoms with E-state index >= 15 is 4.79 Å². The second kappa shape index (κ2) is 47.9. The number of nitrogens with two attached hydrogens (primary N) is 2. The molecule has 736 valence electrons. The van der Waals surface area contributed by atoms with Gasteiger partial charge in [0, 0.05) is 118 Å². The lowest BCUT2D eigenvalue weighted by molar-refractivity contribution is -0.161. The highest BCUT2D eigenvalue weighted by atomic mass is 32.2. The Balaban J connectivity index is 0.000000306. The lowest BCUT2D eigenvalue weighted by Gasteiger charge is -2.33. The van der Waals surface area contributed by atoms with Gasteiger partial charge < -0.3 is 135 Å². The first-order valence-electron chi connectivity index (χ1n) is 43.9. The topological polar surface area (TPSA) is 722 Å². The van der Waals surface area contributed by atoms with Crippen molar-refractivity contribution in [3.05, 3.63) is 47.5 Å². The molecule has 8 heterocycles. The second-order valence-electron chi connectivity index (χ2n) is 34.3. The molecule has 0 saturated carbocycles. The summed E-state index contributed by atoms with van der Waals surface area (Å²) in [6, 6.07) is -6.49. The molecule has 6 aliphatic rings. The number of carbonyl (C=O) groups is 21. The summed E-state index contributed by atoms with van der Waals surface area (Å²) in [5.74, 6) is -25.4. The van der Waals surface area contributed by atoms with Gasteiger partial charge in [0.1, 0.15) is 72.5 Å². The Hall–Kier alpha value is -12.9. The van der Waals surface area contributed by atoms with Crippen LogP contribution in [0.25, 0.3) is 21.8 Å². The summed E-state index contributed by atoms with van der Waals surface area (Å²) in [6.07, 6.45) is -9.03. The van der Waals surface area contributed by atoms with E-state index in [9.17, 15) is 121 Å². The average molecular weight is 1930 g/mol. The molecule has 4 aromatic rings. The summed E-state index contributed by atoms with van der Waals surface area (Å²) >= 11 is 1.92. The summed E-state index contributed by atoms with van der Waals surface area (Å²) in [5.41, 5.74) is 12.6. The summed E-state index contributed by atoms with van der Waals surface area (Å²) in [7, 11) is 0. The number of Topliss-reactive ketones (excluding diaryl/α,β-unsaturated/α-hetero) is 2. The Bertz CT molecular complexity index is 5220. The van der Waals surface area contributed by atoms with Gasteiger partial charge >= 0.3 is 17.9 Å². The first-order chi connectivity index (χ1) is 63.8. The van der Waals surface area contributed by atoms with Gasteiger partial charge in [-0.2, -0.15) is 0 Å². The van der Waals surface area contributed by atoms with Crippen LogP contribution in [0.15, 0.2) is 46.5 Å². The van der Waals surface area contributed by atoms with Gasteiger partial charge in [0.15, 0.2) is 11.6 Å². The molecular weight excluding hydrogens is 1810 g/mol. The number of aromatic nitrogens is 2. The number of rotatable bonds is 17. The third kappa shape index (κ3) is 28.4. The van der Waals surface area contributed by atoms with Crippen LogP contribution >= 0.6 is 23.5 Å². The first kappa shape index (κ1) is 106. The summed E-state index contributed by atoms with van der Waals surface area (Å²) in [5, 5.41) is 84.4. The van der Waals surface area contributed by atoms with E-state index < -0.39 is 329 Å². The molecule has 20 atom stereocenters. The largest absolute Gasteiger partial charge is 0.508 e. The maximum Gasteiger partial charge on any atom is 0.308 e. The minimum Gasteiger partial charge on any atom is -0.508 e. The number of benzene rings is 2. The van der Waals surface area contributed by atoms with Crippen LogP contribution in [0.3, 0.4) is 0 Å². The van der Waals surface area contributed by atoms with Crippen molar-refractivity contribution in [1.82, 2.24) is 83.6 Å². The SMILES string of the molecule is CC[C@H](C)[C@@H]1NC(=O)CNC(=O)C2CC(=O)[C@H](C(C)[C@@H](O)CO)NC(=O)[C@@H]3CC(O)CN3C(=O)C(CC(N)=O)NC(=O)C(CSc3[nH]c4cc(O)ccc4c3C2)NC(=O)CNC1=O.CC[C@H](C)[C@@H]1NC(=O)CNC(=O)C2CC(=O)[C@H](C(C)[C@H](COC(C)=O)OC(C)=O)NC(=O)[C@@H]3CC(O)CN3C(=O)C(CC(N)=O)NC(=O)C(CSc3[nH]c4cc(OC(C)=O)ccc4c3C2)NC(=O)CNC1=O. The number of thioether (sulfide) groups is 2. The van der Waals surface area contributed by atoms with Gasteiger partial charge in [-0.15, -0.1) is 23.5 Å². The number of H-pyrrole nitrogens is 2. The molecule has 6 aliphatic heterocycles. The van der Waals surface area contributed by atoms with Gasteiger partial charge in [0.05, 0.1) is 97.1 Å². The molecule has 47 nitrogen and oxygen atoms in total. The Morgan fingerprint density at radius 2 is 0.896 bits per heavy atom. The number of ketones is 2. The molecule has 0 radical (unpaired) electrons. The van der Waals surface area contributed by atoms with Crippen LogP contribution in [0, 0.1) is 35.5 Å². The van der Waals surface area contributed by atoms with Crippen LogP contribution in [0.4, 0.5) is 0 Å². The lowest BCUT2D eigenvalue weighted by atomic mass is 9.85. The maximum absolute atomic E-state index is 15.1. The highest BCUT2D eigenvalue weighted by Gasteiger charge is 2.49. The molecule has 135 heavy (non-hydrogen) atoms. The Morgan fingerprint density at radius 3 is 1.30 bits per heavy atom. The summed E-state index contributed by atoms with van der Waals surface area (Å²) in [6.45, 7) is 7.92. The second-order valence-corrected chi connectivity index (χ2v) is 36.3. The van der Waals surface area contributed by atoms with Crippen LogP contribution in [-0.4, -0.2) is 318 Å². The van der Waals surface area contributed by atoms with Crippen molar-refractivity contribution < 1.29 is 140 Å². The van der Waals surface area contributed by atoms with Gasteiger partial charge in [0.25, 0.3) is 0 Å². The highest BCUT2D eigenvalue weighted by molar-refractivity contribution is 7.99. The normalized spacial score (nSPS) is 26.5. The number of aliphatic hydroxyl groups is 4. The van der Waals surface area contributed by atoms with Gasteiger partial charge in [-0.3, -0.25) is 101 Å². The van der Waals surface area contributed by atoms with Crippen molar-refractivity contribution in [2.24, 2.45) is 47.0 Å². The fourth-order valence-electron chi connectivity index (χ4n) is 16.5. The number of esters is 3. The van der Waals surface area contributed by atoms with E-state index in [1.807, 2.05) is 0 Å². The number of aliphatic hydroxyl groups excluding tert-OH is 4. The number of fused-ring (bicyclic) bond motifs is 10. The minimum absolute atomic E-state index is 0.120. The molecule has 2 aromatic carbocycles. The van der Waals surface area contributed by atoms with Crippen LogP contribution in [0.1, 0.15) is 125 Å². The van der Waals surface area contributed by atoms with Crippen molar-refractivity contribution in [2.75, 3.05) is 64.0 Å². The third-order valence-electron chi connectivity index (χ3n) is 24.2. The van der Waals surface area contributed by atoms with Gasteiger partial charge in [-0.25, -0.2) is 0 Å². The van der Waals surface area contributed by atoms with Crippen molar-refractivity contribution in [2.45, 2.75) is 221 Å². The fraction of sp³-hybridized carbons (Fsp3) is 0.570. The molecule has 0 spiro atoms. The van der Waals surface area contributed by atoms with Crippen LogP contribution in [-0.2, 0) is 123 Å². The number of primary amides is 2. The standard InChI is InChI=1S/C46H61N9O16S.C40H55N9O13S/c1-7-20(2)39-44(67)49-15-37(62)50-32-19-72-45-29(28-9-8-27(70-23(5)57)13-30(28)52-45)10-25(41(64)48-16-38(63)53-39)11-34(60)40(21(3)35(71-24(6)58)18-69-22(4)56)54-43(66)33-12-26(59)17-55(33)46(68)31(14-36(47)61)51-42(32)65;1-4-17(2)33-38(61)43-12-31(56)44-26-16-63-39-23(22-6-5-20(51)9-24(22)46-39)7-19(35(58)42-13-32(57)47-33)8-28(53)34(18(3)29(54)15-50)48-37(60)27-10-21(52)14-49(27)40(62)25(11-30(41)55)45-36(26)59/h8-9,13,20-21,25-26,31-33,35,39-40,52,59H,7,10-12,14-19H2,1-6H3,(H2,47,61)(H,48,64)(H,49,67)(H,50,62)(H,51,65)(H,53,63)(H,54,66);5-6,9,17-19,21,25-27,29,33-34,46,50-52,54H,4,7-8,10-16H2,1-3H3,(H2,41,55)(H,42,58)(H,43,61)(H,44,56)(H,45,59)(H,47,57)(H,48,60)/t20-,21?,25?,26?,31?,32?,33-,35-,39-,40-;17-,18?,19?,21?,25?,26?,27-,29-,33-,34-/m00/s1. The van der Waals surface area contributed by atoms with E-state index in [-0.39, 0.29) is 47.3 Å². The Labute approximate surface area is 781 Å². The summed E-state index contributed by atoms with van der Waals surface area (Å²) in [4.78, 5) is 295. The van der Waals surface area contributed by atoms with Crippen molar-refractivity contribution >= 4 is 169 Å². The molecule has 2 aromatic heterocycles. The van der Waals surface area contributed by atoms with Crippen LogP contribution in [0.5, 0.6) is 11.5 Å². The number of aromatic hydroxyl groups is 1. The molecule has 23 N–H and O–H groups in total. The van der Waals surface area contributed by atoms with E-state index in [1.54, 1.807) is 39.8 Å². The van der Waals surface area contributed by atoms with E-state index in [1.165, 1.54) is 45.0 Å². The maximum atomic E-state index is 15.1. The van der Waals surface area contributed by atoms with E-state index in [0.717, 1.165) is 47.2 Å². The van der Waals surface area contributed by atoms with Crippen molar-refractivity contribution in [3.63, 3.8) is 0 Å². The zero-order chi connectivity index (χ0) is 99.4. The smallest absolute Gasteiger partial charge is 0.308 e. The molecule has 49 heteroatoms. The number of phenols is 1. The number of nitrogens with one attached hydrogen (secondary N) is 14. The van der Waals surface area contributed by atoms with Crippen molar-refractivity contribution in [1.29, 1.82) is 0 Å². The third-order valence-corrected chi connectivity index (χ3v) is 26.4. The number of carbonyl (C=O) groups excluding carboxylic acids is 21. The quantitative estimate of drug-likeness (QED) is 0.0345. The minimum atomic E-state index is -1.79. The molecule has 0 aliphatic carbocycles. The number of nitrogens with zero attached hydrogens (tertiary/aromatic N) is 2. The van der Waals surface area contributed by atoms with Gasteiger partial charge in [-0.1, -0.05) is 54.4 Å². The number of ether oxygens (including phenoxy) is 3. The zero-order valence-electron chi connectivity index (χ0n) is 75.6. The molecular formula is C86H116N18O29S2. The number of amides is 16. The van der Waals surface area contributed by atoms with Crippen LogP contribution < -0.4 is 80.0 Å². The van der Waals surface area contributed by atoms with Gasteiger partial charge in [0.2, 0.25) is 94.5 Å².